The number of rotatable bonds is 4. The SMILES string of the molecule is Cc1nc([C@@H]2CCCN2C(=O)CCc2c(C)nc3ncnn3c2C)n[nH]1. The molecule has 4 rings (SSSR count). The second-order valence-corrected chi connectivity index (χ2v) is 6.76. The van der Waals surface area contributed by atoms with E-state index in [0.717, 1.165) is 42.2 Å². The number of likely N-dealkylation sites (tertiary alicyclic amines) is 1. The molecular formula is C17H22N8O. The van der Waals surface area contributed by atoms with Gasteiger partial charge in [0, 0.05) is 24.4 Å². The lowest BCUT2D eigenvalue weighted by molar-refractivity contribution is -0.132. The highest BCUT2D eigenvalue weighted by atomic mass is 16.2. The molecule has 26 heavy (non-hydrogen) atoms. The van der Waals surface area contributed by atoms with E-state index < -0.39 is 0 Å². The topological polar surface area (TPSA) is 105 Å². The van der Waals surface area contributed by atoms with Crippen molar-refractivity contribution in [1.29, 1.82) is 0 Å². The van der Waals surface area contributed by atoms with Gasteiger partial charge in [-0.1, -0.05) is 0 Å². The molecule has 1 N–H and O–H groups in total. The van der Waals surface area contributed by atoms with Crippen LogP contribution in [0.3, 0.4) is 0 Å². The second kappa shape index (κ2) is 6.47. The fourth-order valence-electron chi connectivity index (χ4n) is 3.74. The molecule has 9 heteroatoms. The number of H-pyrrole nitrogens is 1. The van der Waals surface area contributed by atoms with Gasteiger partial charge in [0.2, 0.25) is 5.91 Å². The van der Waals surface area contributed by atoms with E-state index in [-0.39, 0.29) is 11.9 Å². The van der Waals surface area contributed by atoms with Crippen molar-refractivity contribution < 1.29 is 4.79 Å². The summed E-state index contributed by atoms with van der Waals surface area (Å²) in [7, 11) is 0. The van der Waals surface area contributed by atoms with Crippen molar-refractivity contribution in [3.8, 4) is 0 Å². The highest BCUT2D eigenvalue weighted by molar-refractivity contribution is 5.77. The molecule has 0 aliphatic carbocycles. The minimum atomic E-state index is -0.0226. The first-order chi connectivity index (χ1) is 12.5. The highest BCUT2D eigenvalue weighted by Crippen LogP contribution is 2.30. The van der Waals surface area contributed by atoms with E-state index in [9.17, 15) is 4.79 Å². The molecule has 0 bridgehead atoms. The molecule has 1 fully saturated rings. The van der Waals surface area contributed by atoms with E-state index in [2.05, 4.69) is 30.2 Å². The molecule has 1 saturated heterocycles. The maximum atomic E-state index is 12.9. The van der Waals surface area contributed by atoms with E-state index in [0.29, 0.717) is 24.4 Å². The third-order valence-corrected chi connectivity index (χ3v) is 5.06. The molecule has 0 spiro atoms. The van der Waals surface area contributed by atoms with Crippen LogP contribution in [-0.2, 0) is 11.2 Å². The number of hydrogen-bond donors (Lipinski definition) is 1. The van der Waals surface area contributed by atoms with Crippen LogP contribution in [0.4, 0.5) is 0 Å². The molecule has 9 nitrogen and oxygen atoms in total. The summed E-state index contributed by atoms with van der Waals surface area (Å²) >= 11 is 0. The fraction of sp³-hybridized carbons (Fsp3) is 0.529. The van der Waals surface area contributed by atoms with E-state index in [4.69, 9.17) is 0 Å². The van der Waals surface area contributed by atoms with Gasteiger partial charge in [0.05, 0.1) is 6.04 Å². The highest BCUT2D eigenvalue weighted by Gasteiger charge is 2.32. The van der Waals surface area contributed by atoms with Crippen LogP contribution in [-0.4, -0.2) is 52.1 Å². The predicted octanol–water partition coefficient (Wildman–Crippen LogP) is 1.46. The Balaban J connectivity index is 1.50. The third kappa shape index (κ3) is 2.83. The van der Waals surface area contributed by atoms with Crippen LogP contribution >= 0.6 is 0 Å². The molecular weight excluding hydrogens is 332 g/mol. The van der Waals surface area contributed by atoms with Gasteiger partial charge < -0.3 is 4.90 Å². The molecule has 0 unspecified atom stereocenters. The lowest BCUT2D eigenvalue weighted by Gasteiger charge is -2.23. The van der Waals surface area contributed by atoms with Crippen LogP contribution < -0.4 is 0 Å². The lowest BCUT2D eigenvalue weighted by Crippen LogP contribution is -2.31. The van der Waals surface area contributed by atoms with Gasteiger partial charge in [0.1, 0.15) is 12.2 Å². The van der Waals surface area contributed by atoms with E-state index in [1.807, 2.05) is 25.7 Å². The fourth-order valence-corrected chi connectivity index (χ4v) is 3.74. The summed E-state index contributed by atoms with van der Waals surface area (Å²) in [5.74, 6) is 2.21. The number of nitrogens with one attached hydrogen (secondary N) is 1. The van der Waals surface area contributed by atoms with Crippen molar-refractivity contribution in [3.63, 3.8) is 0 Å². The summed E-state index contributed by atoms with van der Waals surface area (Å²) in [6, 6.07) is -0.0226. The van der Waals surface area contributed by atoms with Gasteiger partial charge in [-0.05, 0) is 45.6 Å². The molecule has 1 aliphatic heterocycles. The zero-order valence-electron chi connectivity index (χ0n) is 15.2. The summed E-state index contributed by atoms with van der Waals surface area (Å²) in [6.07, 6.45) is 4.46. The Morgan fingerprint density at radius 1 is 1.31 bits per heavy atom. The quantitative estimate of drug-likeness (QED) is 0.760. The molecule has 0 saturated carbocycles. The Morgan fingerprint density at radius 2 is 2.15 bits per heavy atom. The van der Waals surface area contributed by atoms with Crippen LogP contribution in [0.25, 0.3) is 5.78 Å². The average molecular weight is 354 g/mol. The van der Waals surface area contributed by atoms with Gasteiger partial charge in [-0.25, -0.2) is 14.5 Å². The number of carbonyl (C=O) groups is 1. The van der Waals surface area contributed by atoms with Gasteiger partial charge in [0.15, 0.2) is 5.82 Å². The first kappa shape index (κ1) is 16.6. The number of aromatic nitrogens is 7. The number of fused-ring (bicyclic) bond motifs is 1. The largest absolute Gasteiger partial charge is 0.332 e. The Kier molecular flexibility index (Phi) is 4.14. The number of aromatic amines is 1. The van der Waals surface area contributed by atoms with Crippen molar-refractivity contribution in [2.24, 2.45) is 0 Å². The second-order valence-electron chi connectivity index (χ2n) is 6.76. The van der Waals surface area contributed by atoms with Gasteiger partial charge in [-0.3, -0.25) is 9.89 Å². The normalized spacial score (nSPS) is 17.3. The summed E-state index contributed by atoms with van der Waals surface area (Å²) in [5.41, 5.74) is 2.94. The predicted molar refractivity (Wildman–Crippen MR) is 93.4 cm³/mol. The Labute approximate surface area is 150 Å². The molecule has 0 aromatic carbocycles. The minimum Gasteiger partial charge on any atom is -0.332 e. The summed E-state index contributed by atoms with van der Waals surface area (Å²) in [6.45, 7) is 6.58. The number of carbonyl (C=O) groups excluding carboxylic acids is 1. The summed E-state index contributed by atoms with van der Waals surface area (Å²) in [4.78, 5) is 27.8. The first-order valence-corrected chi connectivity index (χ1v) is 8.89. The zero-order valence-corrected chi connectivity index (χ0v) is 15.2. The minimum absolute atomic E-state index is 0.0226. The van der Waals surface area contributed by atoms with Crippen molar-refractivity contribution in [2.75, 3.05) is 6.54 Å². The molecule has 3 aromatic rings. The molecule has 1 atom stereocenters. The Hall–Kier alpha value is -2.84. The molecule has 1 amide bonds. The molecule has 3 aromatic heterocycles. The average Bonchev–Trinajstić information content (AvgIpc) is 3.33. The first-order valence-electron chi connectivity index (χ1n) is 8.89. The molecule has 136 valence electrons. The van der Waals surface area contributed by atoms with Gasteiger partial charge in [-0.2, -0.15) is 15.2 Å². The standard InChI is InChI=1S/C17H22N8O/c1-10-13(11(2)25-17(20-10)18-9-19-25)6-7-15(26)24-8-4-5-14(24)16-21-12(3)22-23-16/h9,14H,4-8H2,1-3H3,(H,21,22,23)/t14-/m0/s1. The van der Waals surface area contributed by atoms with Crippen LogP contribution in [0.5, 0.6) is 0 Å². The van der Waals surface area contributed by atoms with Crippen LogP contribution in [0.15, 0.2) is 6.33 Å². The maximum Gasteiger partial charge on any atom is 0.252 e. The zero-order chi connectivity index (χ0) is 18.3. The Morgan fingerprint density at radius 3 is 2.92 bits per heavy atom. The van der Waals surface area contributed by atoms with Crippen LogP contribution in [0, 0.1) is 20.8 Å². The van der Waals surface area contributed by atoms with Crippen LogP contribution in [0.2, 0.25) is 0 Å². The number of nitrogens with zero attached hydrogens (tertiary/aromatic N) is 7. The number of hydrogen-bond acceptors (Lipinski definition) is 6. The third-order valence-electron chi connectivity index (χ3n) is 5.06. The summed E-state index contributed by atoms with van der Waals surface area (Å²) < 4.78 is 1.72. The van der Waals surface area contributed by atoms with Gasteiger partial charge in [-0.15, -0.1) is 0 Å². The Bertz CT molecular complexity index is 959. The van der Waals surface area contributed by atoms with Crippen molar-refractivity contribution in [2.45, 2.75) is 52.5 Å². The molecule has 0 radical (unpaired) electrons. The maximum absolute atomic E-state index is 12.9. The van der Waals surface area contributed by atoms with E-state index >= 15 is 0 Å². The molecule has 1 aliphatic rings. The van der Waals surface area contributed by atoms with Gasteiger partial charge >= 0.3 is 0 Å². The molecule has 4 heterocycles. The van der Waals surface area contributed by atoms with E-state index in [1.165, 1.54) is 6.33 Å². The number of amides is 1. The summed E-state index contributed by atoms with van der Waals surface area (Å²) in [5, 5.41) is 11.3. The monoisotopic (exact) mass is 354 g/mol. The lowest BCUT2D eigenvalue weighted by atomic mass is 10.1. The smallest absolute Gasteiger partial charge is 0.252 e. The van der Waals surface area contributed by atoms with Crippen molar-refractivity contribution >= 4 is 11.7 Å². The van der Waals surface area contributed by atoms with Crippen molar-refractivity contribution in [1.82, 2.24) is 39.7 Å². The van der Waals surface area contributed by atoms with Crippen LogP contribution in [0.1, 0.15) is 53.9 Å². The van der Waals surface area contributed by atoms with E-state index in [1.54, 1.807) is 4.52 Å². The van der Waals surface area contributed by atoms with Crippen molar-refractivity contribution in [3.05, 3.63) is 34.9 Å². The van der Waals surface area contributed by atoms with Gasteiger partial charge in [0.25, 0.3) is 5.78 Å². The number of aryl methyl sites for hydroxylation is 3.